The maximum absolute atomic E-state index is 14.9. The smallest absolute Gasteiger partial charge is 0.410 e. The van der Waals surface area contributed by atoms with E-state index in [0.717, 1.165) is 16.3 Å². The summed E-state index contributed by atoms with van der Waals surface area (Å²) in [5.74, 6) is -7.30. The molecule has 3 aromatic carbocycles. The average molecular weight is 1830 g/mol. The third-order valence-electron chi connectivity index (χ3n) is 21.1. The third-order valence-corrected chi connectivity index (χ3v) is 24.0. The van der Waals surface area contributed by atoms with E-state index in [2.05, 4.69) is 83.8 Å². The summed E-state index contributed by atoms with van der Waals surface area (Å²) < 4.78 is 68.1. The highest BCUT2D eigenvalue weighted by atomic mass is 79.9. The second-order valence-electron chi connectivity index (χ2n) is 31.1. The first kappa shape index (κ1) is 100. The number of ether oxygens (including phenoxy) is 7. The Morgan fingerprint density at radius 2 is 1.23 bits per heavy atom. The summed E-state index contributed by atoms with van der Waals surface area (Å²) in [6.45, 7) is 18.5. The van der Waals surface area contributed by atoms with Gasteiger partial charge in [-0.15, -0.1) is 0 Å². The lowest BCUT2D eigenvalue weighted by molar-refractivity contribution is -0.148. The van der Waals surface area contributed by atoms with Crippen molar-refractivity contribution in [1.29, 1.82) is 0 Å². The van der Waals surface area contributed by atoms with Crippen molar-refractivity contribution in [3.63, 3.8) is 0 Å². The molecule has 666 valence electrons. The number of alkyl halides is 2. The van der Waals surface area contributed by atoms with Crippen LogP contribution in [0.1, 0.15) is 153 Å². The number of aromatic nitrogens is 2. The van der Waals surface area contributed by atoms with Crippen LogP contribution in [0, 0.1) is 29.6 Å². The van der Waals surface area contributed by atoms with E-state index in [4.69, 9.17) is 38.9 Å². The molecule has 1 saturated heterocycles. The largest absolute Gasteiger partial charge is 0.445 e. The average Bonchev–Trinajstić information content (AvgIpc) is 1.15. The van der Waals surface area contributed by atoms with E-state index in [1.165, 1.54) is 26.2 Å². The van der Waals surface area contributed by atoms with Crippen LogP contribution in [0.25, 0.3) is 11.0 Å². The minimum Gasteiger partial charge on any atom is -0.445 e. The van der Waals surface area contributed by atoms with Gasteiger partial charge >= 0.3 is 12.1 Å². The van der Waals surface area contributed by atoms with Gasteiger partial charge < -0.3 is 85.9 Å². The molecule has 2 fully saturated rings. The molecular weight excluding hydrogens is 1700 g/mol. The van der Waals surface area contributed by atoms with Gasteiger partial charge in [0.2, 0.25) is 51.4 Å². The predicted molar refractivity (Wildman–Crippen MR) is 457 cm³/mol. The van der Waals surface area contributed by atoms with Crippen LogP contribution in [-0.4, -0.2) is 259 Å². The number of nitrogens with zero attached hydrogens (tertiary/aromatic N) is 5. The molecule has 0 bridgehead atoms. The van der Waals surface area contributed by atoms with Crippen LogP contribution < -0.4 is 47.7 Å². The molecule has 12 amide bonds. The number of carbonyl (C=O) groups excluding carboxylic acids is 11. The number of halogens is 2. The number of amides is 12. The molecule has 37 heteroatoms. The molecule has 1 aliphatic heterocycles. The summed E-state index contributed by atoms with van der Waals surface area (Å²) in [4.78, 5) is 165. The molecule has 6 rings (SSSR count). The van der Waals surface area contributed by atoms with Crippen molar-refractivity contribution in [3.8, 4) is 0 Å². The summed E-state index contributed by atoms with van der Waals surface area (Å²) >= 11 is 6.88. The summed E-state index contributed by atoms with van der Waals surface area (Å²) in [6.07, 6.45) is 0.0269. The molecule has 34 nitrogen and oxygen atoms in total. The van der Waals surface area contributed by atoms with Crippen LogP contribution in [0.5, 0.6) is 0 Å². The zero-order valence-electron chi connectivity index (χ0n) is 71.2. The monoisotopic (exact) mass is 1830 g/mol. The van der Waals surface area contributed by atoms with Gasteiger partial charge in [0, 0.05) is 82.7 Å². The first-order chi connectivity index (χ1) is 57.2. The molecule has 1 aliphatic carbocycles. The molecule has 1 aromatic heterocycles. The fraction of sp³-hybridized carbons (Fsp3) is 0.627. The lowest BCUT2D eigenvalue weighted by Crippen LogP contribution is -2.60. The Balaban J connectivity index is 0.943. The van der Waals surface area contributed by atoms with E-state index in [9.17, 15) is 61.2 Å². The van der Waals surface area contributed by atoms with Gasteiger partial charge in [-0.25, -0.2) is 28.0 Å². The normalized spacial score (nSPS) is 16.0. The van der Waals surface area contributed by atoms with Gasteiger partial charge in [-0.1, -0.05) is 143 Å². The fourth-order valence-electron chi connectivity index (χ4n) is 14.1. The van der Waals surface area contributed by atoms with Crippen molar-refractivity contribution in [2.24, 2.45) is 35.3 Å². The summed E-state index contributed by atoms with van der Waals surface area (Å²) in [7, 11) is 1.99. The Labute approximate surface area is 721 Å². The Morgan fingerprint density at radius 3 is 1.81 bits per heavy atom. The van der Waals surface area contributed by atoms with E-state index in [1.807, 2.05) is 13.8 Å². The number of rotatable bonds is 53. The minimum absolute atomic E-state index is 0.0137. The number of nitrogens with one attached hydrogen (secondary N) is 8. The number of sulfonamides is 1. The minimum atomic E-state index is -3.94. The maximum atomic E-state index is 14.9. The van der Waals surface area contributed by atoms with Gasteiger partial charge in [0.15, 0.2) is 0 Å². The number of nitrogens with two attached hydrogens (primary N) is 1. The number of primary amides is 1. The Kier molecular flexibility index (Phi) is 42.4. The van der Waals surface area contributed by atoms with Gasteiger partial charge in [-0.05, 0) is 104 Å². The number of hydrogen-bond acceptors (Lipinski definition) is 22. The maximum Gasteiger partial charge on any atom is 0.410 e. The topological polar surface area (TPSA) is 444 Å². The third kappa shape index (κ3) is 31.4. The number of carbonyl (C=O) groups is 11. The zero-order chi connectivity index (χ0) is 88.3. The zero-order valence-corrected chi connectivity index (χ0v) is 75.2. The van der Waals surface area contributed by atoms with Crippen molar-refractivity contribution in [3.05, 3.63) is 101 Å². The van der Waals surface area contributed by atoms with Gasteiger partial charge in [0.25, 0.3) is 11.8 Å². The molecule has 1 saturated carbocycles. The SMILES string of the molecule is CC[C@H](C)[C@@H]([C@@H](CC(=O)N1CCC[C@H]1[C@H](OC)[C@@H](C)C(=O)N[C@@H](Cc1ccccc1)C(=O)NS(=O)(=O)C1CC1)OC)N(C)C(=O)[C@@H](NC(=O)[C@H](C(C)C)N(C)C(=O)OCc1ccc(NC(=O)[C@H](CCCNC(N)=O)NC(=O)[C@@H](NC(=O)CCOCCOCCOCCOCCNC(=O)c2ccc3nc(CBr)c(CBr)nc3c2)C(C)C)cc1)C(C)C. The van der Waals surface area contributed by atoms with Crippen LogP contribution in [0.2, 0.25) is 0 Å². The quantitative estimate of drug-likeness (QED) is 0.0173. The molecule has 120 heavy (non-hydrogen) atoms. The van der Waals surface area contributed by atoms with Gasteiger partial charge in [0.1, 0.15) is 36.8 Å². The van der Waals surface area contributed by atoms with Gasteiger partial charge in [0.05, 0.1) is 117 Å². The van der Waals surface area contributed by atoms with Crippen LogP contribution in [0.4, 0.5) is 15.3 Å². The van der Waals surface area contributed by atoms with Crippen molar-refractivity contribution in [1.82, 2.24) is 61.3 Å². The predicted octanol–water partition coefficient (Wildman–Crippen LogP) is 6.31. The lowest BCUT2D eigenvalue weighted by Gasteiger charge is -2.41. The highest BCUT2D eigenvalue weighted by Gasteiger charge is 2.45. The van der Waals surface area contributed by atoms with E-state index in [-0.39, 0.29) is 96.0 Å². The Hall–Kier alpha value is -8.56. The molecule has 10 N–H and O–H groups in total. The van der Waals surface area contributed by atoms with E-state index in [1.54, 1.807) is 133 Å². The van der Waals surface area contributed by atoms with Crippen LogP contribution in [-0.2, 0) is 105 Å². The fourth-order valence-corrected chi connectivity index (χ4v) is 16.3. The molecule has 2 heterocycles. The second-order valence-corrected chi connectivity index (χ2v) is 34.2. The molecule has 0 unspecified atom stereocenters. The van der Waals surface area contributed by atoms with Crippen LogP contribution >= 0.6 is 31.9 Å². The Morgan fingerprint density at radius 1 is 0.625 bits per heavy atom. The van der Waals surface area contributed by atoms with E-state index >= 15 is 0 Å². The van der Waals surface area contributed by atoms with Crippen LogP contribution in [0.15, 0.2) is 72.8 Å². The lowest BCUT2D eigenvalue weighted by atomic mass is 9.89. The number of anilines is 1. The molecule has 11 atom stereocenters. The van der Waals surface area contributed by atoms with Crippen molar-refractivity contribution >= 4 is 124 Å². The van der Waals surface area contributed by atoms with Gasteiger partial charge in [-0.2, -0.15) is 0 Å². The van der Waals surface area contributed by atoms with Crippen LogP contribution in [0.3, 0.4) is 0 Å². The number of likely N-dealkylation sites (N-methyl/N-ethyl adjacent to an activating group) is 2. The molecule has 4 aromatic rings. The second kappa shape index (κ2) is 50.8. The first-order valence-electron chi connectivity index (χ1n) is 40.9. The number of methoxy groups -OCH3 is 2. The standard InChI is InChI=1S/C83H124Br2N14O20S/c1-14-53(8)73(67(113-12)46-69(101)99-35-19-23-66(99)74(114-13)54(9)75(102)93-63(44-55-20-16-15-17-21-55)78(105)96-120(111,112)59-29-30-59)97(10)81(108)71(51(4)5)95-80(107)72(52(6)7)98(11)83(110)119-49-56-24-27-58(28-25-56)89-77(104)61(22-18-33-88-82(86)109)92-79(106)70(50(2)3)94-68(100)32-36-115-38-40-117-42-43-118-41-39-116-37-34-87-76(103)57-26-31-60-62(45-57)91-65(48-85)64(47-84)90-60/h15-17,20-21,24-28,31,45,50-54,59,61,63,66-67,70-74H,14,18-19,22-23,29-30,32-44,46-49H2,1-13H3,(H,87,103)(H,89,104)(H,92,106)(H,93,102)(H,94,100)(H,95,107)(H,96,105)(H3,86,88,109)/t53-,54+,61-,63-,66-,67+,70-,71-,72-,73-,74+/m0/s1. The summed E-state index contributed by atoms with van der Waals surface area (Å²) in [5, 5.41) is 19.8. The van der Waals surface area contributed by atoms with E-state index < -0.39 is 147 Å². The summed E-state index contributed by atoms with van der Waals surface area (Å²) in [5.41, 5.74) is 10.2. The highest BCUT2D eigenvalue weighted by Crippen LogP contribution is 2.32. The number of benzene rings is 3. The highest BCUT2D eigenvalue weighted by molar-refractivity contribution is 9.09. The van der Waals surface area contributed by atoms with Gasteiger partial charge in [-0.3, -0.25) is 52.8 Å². The molecule has 2 aliphatic rings. The van der Waals surface area contributed by atoms with E-state index in [0.29, 0.717) is 109 Å². The first-order valence-corrected chi connectivity index (χ1v) is 44.7. The molecule has 0 radical (unpaired) electrons. The Bertz CT molecular complexity index is 4130. The van der Waals surface area contributed by atoms with Crippen molar-refractivity contribution in [2.75, 3.05) is 106 Å². The molecular formula is C83H124Br2N14O20S. The number of urea groups is 1. The molecule has 0 spiro atoms. The van der Waals surface area contributed by atoms with Crippen molar-refractivity contribution < 1.29 is 94.3 Å². The number of hydrogen-bond donors (Lipinski definition) is 9. The number of likely N-dealkylation sites (tertiary alicyclic amines) is 1. The summed E-state index contributed by atoms with van der Waals surface area (Å²) in [6, 6.07) is 12.7. The van der Waals surface area contributed by atoms with Crippen molar-refractivity contribution in [2.45, 2.75) is 204 Å². The number of fused-ring (bicyclic) bond motifs is 1.